The predicted molar refractivity (Wildman–Crippen MR) is 128 cm³/mol. The number of fused-ring (bicyclic) bond motifs is 3. The first-order valence-corrected chi connectivity index (χ1v) is 11.1. The Hall–Kier alpha value is -1.92. The van der Waals surface area contributed by atoms with Gasteiger partial charge in [-0.1, -0.05) is 41.9 Å². The van der Waals surface area contributed by atoms with Gasteiger partial charge in [0, 0.05) is 11.1 Å². The maximum Gasteiger partial charge on any atom is 0.494 e. The summed E-state index contributed by atoms with van der Waals surface area (Å²) >= 11 is 0. The van der Waals surface area contributed by atoms with Crippen LogP contribution in [0.15, 0.2) is 36.4 Å². The van der Waals surface area contributed by atoms with E-state index in [1.54, 1.807) is 21.3 Å². The smallest absolute Gasteiger partial charge is 0.427 e. The molecule has 2 aliphatic rings. The van der Waals surface area contributed by atoms with E-state index in [-0.39, 0.29) is 5.78 Å². The molecule has 1 saturated heterocycles. The Kier molecular flexibility index (Phi) is 5.30. The lowest BCUT2D eigenvalue weighted by Crippen LogP contribution is -2.49. The monoisotopic (exact) mass is 433 g/mol. The highest BCUT2D eigenvalue weighted by Gasteiger charge is 2.52. The van der Waals surface area contributed by atoms with Crippen molar-refractivity contribution in [2.24, 2.45) is 0 Å². The number of ketones is 1. The maximum absolute atomic E-state index is 13.2. The van der Waals surface area contributed by atoms with Gasteiger partial charge in [0.1, 0.15) is 0 Å². The van der Waals surface area contributed by atoms with Crippen LogP contribution in [-0.4, -0.2) is 47.9 Å². The van der Waals surface area contributed by atoms with Gasteiger partial charge in [0.15, 0.2) is 5.78 Å². The average molecular weight is 433 g/mol. The fraction of sp³-hybridized carbons (Fsp3) is 0.480. The van der Waals surface area contributed by atoms with Gasteiger partial charge in [-0.25, -0.2) is 0 Å². The van der Waals surface area contributed by atoms with Crippen LogP contribution in [0.4, 0.5) is 0 Å². The van der Waals surface area contributed by atoms with Crippen LogP contribution in [0.1, 0.15) is 71.3 Å². The zero-order valence-electron chi connectivity index (χ0n) is 20.2. The maximum atomic E-state index is 13.2. The Bertz CT molecular complexity index is 1070. The third kappa shape index (κ3) is 3.75. The molecule has 4 rings (SSSR count). The quantitative estimate of drug-likeness (QED) is 0.627. The minimum absolute atomic E-state index is 0.0228. The first-order valence-electron chi connectivity index (χ1n) is 11.1. The third-order valence-electron chi connectivity index (χ3n) is 7.36. The molecule has 32 heavy (non-hydrogen) atoms. The largest absolute Gasteiger partial charge is 0.494 e. The second-order valence-electron chi connectivity index (χ2n) is 10.8. The van der Waals surface area contributed by atoms with Crippen molar-refractivity contribution in [3.05, 3.63) is 47.5 Å². The van der Waals surface area contributed by atoms with Gasteiger partial charge in [-0.3, -0.25) is 4.79 Å². The van der Waals surface area contributed by atoms with Crippen molar-refractivity contribution in [3.63, 3.8) is 0 Å². The number of benzene rings is 2. The topological polar surface area (TPSA) is 65.0 Å². The lowest BCUT2D eigenvalue weighted by Gasteiger charge is -2.37. The van der Waals surface area contributed by atoms with E-state index < -0.39 is 29.5 Å². The van der Waals surface area contributed by atoms with Gasteiger partial charge in [-0.15, -0.1) is 0 Å². The van der Waals surface area contributed by atoms with Gasteiger partial charge in [0.2, 0.25) is 0 Å². The van der Waals surface area contributed by atoms with Crippen molar-refractivity contribution >= 4 is 31.3 Å². The lowest BCUT2D eigenvalue weighted by molar-refractivity contribution is -0.0893. The Morgan fingerprint density at radius 1 is 0.875 bits per heavy atom. The third-order valence-corrected chi connectivity index (χ3v) is 7.36. The van der Waals surface area contributed by atoms with E-state index in [4.69, 9.17) is 14.0 Å². The summed E-state index contributed by atoms with van der Waals surface area (Å²) in [5, 5.41) is 10.3. The summed E-state index contributed by atoms with van der Waals surface area (Å²) in [6.07, 6.45) is 0. The van der Waals surface area contributed by atoms with E-state index in [1.807, 2.05) is 77.9 Å². The van der Waals surface area contributed by atoms with E-state index >= 15 is 0 Å². The molecule has 2 aromatic rings. The van der Waals surface area contributed by atoms with E-state index in [0.717, 1.165) is 22.1 Å². The predicted octanol–water partition coefficient (Wildman–Crippen LogP) is 3.01. The zero-order valence-corrected chi connectivity index (χ0v) is 20.2. The van der Waals surface area contributed by atoms with Crippen LogP contribution < -0.4 is 10.9 Å². The van der Waals surface area contributed by atoms with Crippen LogP contribution in [0.25, 0.3) is 11.1 Å². The first kappa shape index (κ1) is 23.2. The zero-order chi connectivity index (χ0) is 23.7. The molecule has 0 saturated carbocycles. The second kappa shape index (κ2) is 7.29. The van der Waals surface area contributed by atoms with Crippen LogP contribution >= 0.6 is 0 Å². The van der Waals surface area contributed by atoms with E-state index in [2.05, 4.69) is 0 Å². The normalized spacial score (nSPS) is 19.2. The van der Waals surface area contributed by atoms with Crippen LogP contribution in [0.3, 0.4) is 0 Å². The summed E-state index contributed by atoms with van der Waals surface area (Å²) in [5.41, 5.74) is 2.05. The van der Waals surface area contributed by atoms with Gasteiger partial charge in [-0.2, -0.15) is 0 Å². The molecule has 0 aromatic heterocycles. The van der Waals surface area contributed by atoms with Crippen LogP contribution in [0.5, 0.6) is 0 Å². The van der Waals surface area contributed by atoms with Crippen LogP contribution in [0.2, 0.25) is 0 Å². The molecule has 7 heteroatoms. The Morgan fingerprint density at radius 2 is 1.41 bits per heavy atom. The highest BCUT2D eigenvalue weighted by Crippen LogP contribution is 2.38. The molecule has 1 aliphatic heterocycles. The van der Waals surface area contributed by atoms with Gasteiger partial charge in [0.05, 0.1) is 22.4 Å². The standard InChI is InChI=1S/C25H31B2O5/c1-22(2,29)23(3,4)30-26-15-9-11-17-18-12-10-16(14-20(18)21(28)19(17)13-15)27-31-24(5,6)25(7,8)32-27/h9-14,29H,1-8H3. The first-order chi connectivity index (χ1) is 14.6. The molecule has 1 N–H and O–H groups in total. The lowest BCUT2D eigenvalue weighted by atomic mass is 9.77. The molecule has 0 spiro atoms. The van der Waals surface area contributed by atoms with Crippen molar-refractivity contribution in [2.45, 2.75) is 77.8 Å². The van der Waals surface area contributed by atoms with Crippen molar-refractivity contribution in [1.82, 2.24) is 0 Å². The van der Waals surface area contributed by atoms with Crippen LogP contribution in [-0.2, 0) is 14.0 Å². The molecule has 0 atom stereocenters. The SMILES string of the molecule is CC(C)(O)C(C)(C)O[B]c1ccc2c(c1)C(=O)c1cc(B3OC(C)(C)C(C)(C)O3)ccc1-2. The van der Waals surface area contributed by atoms with E-state index in [9.17, 15) is 9.90 Å². The molecule has 1 aliphatic carbocycles. The number of hydrogen-bond acceptors (Lipinski definition) is 5. The van der Waals surface area contributed by atoms with E-state index in [0.29, 0.717) is 11.1 Å². The van der Waals surface area contributed by atoms with E-state index in [1.165, 1.54) is 0 Å². The summed E-state index contributed by atoms with van der Waals surface area (Å²) in [5.74, 6) is -0.0228. The second-order valence-corrected chi connectivity index (χ2v) is 10.8. The summed E-state index contributed by atoms with van der Waals surface area (Å²) < 4.78 is 18.2. The minimum Gasteiger partial charge on any atom is -0.427 e. The van der Waals surface area contributed by atoms with Crippen molar-refractivity contribution in [1.29, 1.82) is 0 Å². The molecular weight excluding hydrogens is 402 g/mol. The summed E-state index contributed by atoms with van der Waals surface area (Å²) in [4.78, 5) is 13.2. The molecule has 1 heterocycles. The molecule has 167 valence electrons. The molecule has 0 unspecified atom stereocenters. The van der Waals surface area contributed by atoms with Crippen molar-refractivity contribution in [3.8, 4) is 11.1 Å². The number of aliphatic hydroxyl groups is 1. The van der Waals surface area contributed by atoms with Crippen molar-refractivity contribution in [2.75, 3.05) is 0 Å². The number of carbonyl (C=O) groups excluding carboxylic acids is 1. The molecule has 5 nitrogen and oxygen atoms in total. The molecular formula is C25H31B2O5. The summed E-state index contributed by atoms with van der Waals surface area (Å²) in [7, 11) is 1.09. The molecule has 2 aromatic carbocycles. The van der Waals surface area contributed by atoms with Gasteiger partial charge in [0.25, 0.3) is 0 Å². The molecule has 1 radical (unpaired) electrons. The number of rotatable bonds is 5. The Morgan fingerprint density at radius 3 is 1.97 bits per heavy atom. The fourth-order valence-electron chi connectivity index (χ4n) is 3.67. The van der Waals surface area contributed by atoms with Crippen molar-refractivity contribution < 1.29 is 23.9 Å². The van der Waals surface area contributed by atoms with Gasteiger partial charge < -0.3 is 19.1 Å². The Balaban J connectivity index is 1.58. The molecule has 1 fully saturated rings. The van der Waals surface area contributed by atoms with Gasteiger partial charge in [-0.05, 0) is 72.0 Å². The number of hydrogen-bond donors (Lipinski definition) is 1. The van der Waals surface area contributed by atoms with Gasteiger partial charge >= 0.3 is 14.6 Å². The number of carbonyl (C=O) groups is 1. The summed E-state index contributed by atoms with van der Waals surface area (Å²) in [6.45, 7) is 15.1. The minimum atomic E-state index is -1.02. The summed E-state index contributed by atoms with van der Waals surface area (Å²) in [6, 6.07) is 11.5. The average Bonchev–Trinajstić information content (AvgIpc) is 3.08. The molecule has 0 bridgehead atoms. The Labute approximate surface area is 191 Å². The van der Waals surface area contributed by atoms with Crippen LogP contribution in [0, 0.1) is 0 Å². The highest BCUT2D eigenvalue weighted by molar-refractivity contribution is 6.62. The highest BCUT2D eigenvalue weighted by atomic mass is 16.7. The molecule has 0 amide bonds. The fourth-order valence-corrected chi connectivity index (χ4v) is 3.67.